The number of halogens is 1. The van der Waals surface area contributed by atoms with Crippen LogP contribution in [0.2, 0.25) is 5.02 Å². The van der Waals surface area contributed by atoms with Gasteiger partial charge in [0, 0.05) is 18.2 Å². The van der Waals surface area contributed by atoms with Crippen LogP contribution in [0, 0.1) is 0 Å². The molecule has 0 bridgehead atoms. The number of aliphatic hydroxyl groups is 1. The molecule has 0 unspecified atom stereocenters. The van der Waals surface area contributed by atoms with Crippen molar-refractivity contribution in [3.63, 3.8) is 0 Å². The highest BCUT2D eigenvalue weighted by molar-refractivity contribution is 6.33. The van der Waals surface area contributed by atoms with E-state index in [1.165, 1.54) is 12.8 Å². The third kappa shape index (κ3) is 3.89. The van der Waals surface area contributed by atoms with Gasteiger partial charge < -0.3 is 10.0 Å². The van der Waals surface area contributed by atoms with Crippen LogP contribution in [0.4, 0.5) is 5.69 Å². The van der Waals surface area contributed by atoms with Crippen molar-refractivity contribution in [1.29, 1.82) is 0 Å². The van der Waals surface area contributed by atoms with E-state index in [4.69, 9.17) is 11.6 Å². The molecular weight excluding hydrogens is 246 g/mol. The summed E-state index contributed by atoms with van der Waals surface area (Å²) in [7, 11) is 0. The zero-order valence-electron chi connectivity index (χ0n) is 11.6. The van der Waals surface area contributed by atoms with Gasteiger partial charge in [-0.15, -0.1) is 0 Å². The molecule has 0 fully saturated rings. The van der Waals surface area contributed by atoms with Gasteiger partial charge in [0.25, 0.3) is 0 Å². The van der Waals surface area contributed by atoms with Crippen LogP contribution in [0.25, 0.3) is 0 Å². The monoisotopic (exact) mass is 269 g/mol. The second-order valence-electron chi connectivity index (χ2n) is 4.90. The lowest BCUT2D eigenvalue weighted by molar-refractivity contribution is 0.282. The largest absolute Gasteiger partial charge is 0.392 e. The molecule has 0 aliphatic carbocycles. The topological polar surface area (TPSA) is 23.5 Å². The van der Waals surface area contributed by atoms with Crippen molar-refractivity contribution in [3.05, 3.63) is 28.8 Å². The number of benzene rings is 1. The Morgan fingerprint density at radius 3 is 2.56 bits per heavy atom. The highest BCUT2D eigenvalue weighted by Gasteiger charge is 2.16. The Bertz CT molecular complexity index is 366. The second-order valence-corrected chi connectivity index (χ2v) is 5.31. The zero-order chi connectivity index (χ0) is 13.5. The molecule has 0 aromatic heterocycles. The van der Waals surface area contributed by atoms with Crippen LogP contribution < -0.4 is 4.90 Å². The molecule has 1 aromatic carbocycles. The molecule has 18 heavy (non-hydrogen) atoms. The van der Waals surface area contributed by atoms with Gasteiger partial charge in [-0.1, -0.05) is 43.5 Å². The van der Waals surface area contributed by atoms with Crippen LogP contribution in [-0.4, -0.2) is 17.7 Å². The number of rotatable bonds is 7. The predicted molar refractivity (Wildman–Crippen MR) is 79.4 cm³/mol. The van der Waals surface area contributed by atoms with Gasteiger partial charge in [-0.05, 0) is 26.3 Å². The summed E-state index contributed by atoms with van der Waals surface area (Å²) in [5.74, 6) is 0. The van der Waals surface area contributed by atoms with E-state index in [0.717, 1.165) is 29.2 Å². The number of aliphatic hydroxyl groups excluding tert-OH is 1. The fourth-order valence-electron chi connectivity index (χ4n) is 2.17. The van der Waals surface area contributed by atoms with Gasteiger partial charge >= 0.3 is 0 Å². The molecule has 1 aromatic rings. The molecule has 3 heteroatoms. The van der Waals surface area contributed by atoms with Crippen molar-refractivity contribution in [2.24, 2.45) is 0 Å². The van der Waals surface area contributed by atoms with E-state index in [1.807, 2.05) is 18.2 Å². The molecule has 0 atom stereocenters. The van der Waals surface area contributed by atoms with Gasteiger partial charge in [-0.2, -0.15) is 0 Å². The van der Waals surface area contributed by atoms with Gasteiger partial charge in [-0.3, -0.25) is 0 Å². The first-order chi connectivity index (χ1) is 8.61. The number of hydrogen-bond donors (Lipinski definition) is 1. The van der Waals surface area contributed by atoms with E-state index in [-0.39, 0.29) is 6.61 Å². The van der Waals surface area contributed by atoms with Crippen molar-refractivity contribution in [2.45, 2.75) is 52.7 Å². The normalized spacial score (nSPS) is 11.0. The first-order valence-corrected chi connectivity index (χ1v) is 7.14. The van der Waals surface area contributed by atoms with Crippen LogP contribution in [0.3, 0.4) is 0 Å². The SMILES string of the molecule is CCCCCN(c1c(Cl)cccc1CO)C(C)C. The van der Waals surface area contributed by atoms with E-state index in [1.54, 1.807) is 0 Å². The Morgan fingerprint density at radius 1 is 1.28 bits per heavy atom. The molecule has 0 radical (unpaired) electrons. The van der Waals surface area contributed by atoms with Crippen LogP contribution >= 0.6 is 11.6 Å². The number of unbranched alkanes of at least 4 members (excludes halogenated alkanes) is 2. The first kappa shape index (κ1) is 15.3. The lowest BCUT2D eigenvalue weighted by Gasteiger charge is -2.31. The van der Waals surface area contributed by atoms with E-state index in [9.17, 15) is 5.11 Å². The molecule has 0 saturated carbocycles. The van der Waals surface area contributed by atoms with Gasteiger partial charge in [0.2, 0.25) is 0 Å². The lowest BCUT2D eigenvalue weighted by Crippen LogP contribution is -2.32. The second kappa shape index (κ2) is 7.65. The molecule has 2 nitrogen and oxygen atoms in total. The molecule has 0 spiro atoms. The number of hydrogen-bond acceptors (Lipinski definition) is 2. The van der Waals surface area contributed by atoms with E-state index in [2.05, 4.69) is 25.7 Å². The van der Waals surface area contributed by atoms with Gasteiger partial charge in [0.05, 0.1) is 17.3 Å². The summed E-state index contributed by atoms with van der Waals surface area (Å²) in [6.45, 7) is 7.55. The Morgan fingerprint density at radius 2 is 2.00 bits per heavy atom. The number of para-hydroxylation sites is 1. The minimum atomic E-state index is 0.0346. The van der Waals surface area contributed by atoms with E-state index < -0.39 is 0 Å². The predicted octanol–water partition coefficient (Wildman–Crippen LogP) is 4.24. The fraction of sp³-hybridized carbons (Fsp3) is 0.600. The molecule has 0 heterocycles. The van der Waals surface area contributed by atoms with Crippen molar-refractivity contribution < 1.29 is 5.11 Å². The lowest BCUT2D eigenvalue weighted by atomic mass is 10.1. The summed E-state index contributed by atoms with van der Waals surface area (Å²) in [4.78, 5) is 2.30. The van der Waals surface area contributed by atoms with Crippen molar-refractivity contribution >= 4 is 17.3 Å². The molecule has 0 aliphatic rings. The van der Waals surface area contributed by atoms with Gasteiger partial charge in [-0.25, -0.2) is 0 Å². The summed E-state index contributed by atoms with van der Waals surface area (Å²) in [5, 5.41) is 10.2. The summed E-state index contributed by atoms with van der Waals surface area (Å²) in [6, 6.07) is 6.11. The molecular formula is C15H24ClNO. The quantitative estimate of drug-likeness (QED) is 0.749. The highest BCUT2D eigenvalue weighted by atomic mass is 35.5. The van der Waals surface area contributed by atoms with Gasteiger partial charge in [0.1, 0.15) is 0 Å². The van der Waals surface area contributed by atoms with Crippen molar-refractivity contribution in [3.8, 4) is 0 Å². The Kier molecular flexibility index (Phi) is 6.51. The maximum atomic E-state index is 9.46. The average Bonchev–Trinajstić information content (AvgIpc) is 2.35. The Balaban J connectivity index is 2.97. The zero-order valence-corrected chi connectivity index (χ0v) is 12.4. The summed E-state index contributed by atoms with van der Waals surface area (Å²) in [6.07, 6.45) is 3.59. The van der Waals surface area contributed by atoms with Crippen LogP contribution in [0.15, 0.2) is 18.2 Å². The molecule has 0 saturated heterocycles. The molecule has 1 N–H and O–H groups in total. The summed E-state index contributed by atoms with van der Waals surface area (Å²) in [5.41, 5.74) is 1.90. The van der Waals surface area contributed by atoms with Crippen LogP contribution in [-0.2, 0) is 6.61 Å². The maximum Gasteiger partial charge on any atom is 0.0702 e. The van der Waals surface area contributed by atoms with Crippen LogP contribution in [0.5, 0.6) is 0 Å². The minimum absolute atomic E-state index is 0.0346. The van der Waals surface area contributed by atoms with Crippen LogP contribution in [0.1, 0.15) is 45.6 Å². The standard InChI is InChI=1S/C15H24ClNO/c1-4-5-6-10-17(12(2)3)15-13(11-18)8-7-9-14(15)16/h7-9,12,18H,4-6,10-11H2,1-3H3. The maximum absolute atomic E-state index is 9.46. The third-order valence-electron chi connectivity index (χ3n) is 3.15. The molecule has 102 valence electrons. The van der Waals surface area contributed by atoms with Crippen molar-refractivity contribution in [1.82, 2.24) is 0 Å². The van der Waals surface area contributed by atoms with Crippen molar-refractivity contribution in [2.75, 3.05) is 11.4 Å². The summed E-state index contributed by atoms with van der Waals surface area (Å²) >= 11 is 6.31. The van der Waals surface area contributed by atoms with E-state index >= 15 is 0 Å². The summed E-state index contributed by atoms with van der Waals surface area (Å²) < 4.78 is 0. The van der Waals surface area contributed by atoms with E-state index in [0.29, 0.717) is 6.04 Å². The number of nitrogens with zero attached hydrogens (tertiary/aromatic N) is 1. The average molecular weight is 270 g/mol. The fourth-order valence-corrected chi connectivity index (χ4v) is 2.47. The highest BCUT2D eigenvalue weighted by Crippen LogP contribution is 2.31. The molecule has 1 rings (SSSR count). The number of anilines is 1. The van der Waals surface area contributed by atoms with Gasteiger partial charge in [0.15, 0.2) is 0 Å². The Hall–Kier alpha value is -0.730. The Labute approximate surface area is 116 Å². The third-order valence-corrected chi connectivity index (χ3v) is 3.46. The first-order valence-electron chi connectivity index (χ1n) is 6.76. The molecule has 0 amide bonds. The smallest absolute Gasteiger partial charge is 0.0702 e. The molecule has 0 aliphatic heterocycles. The minimum Gasteiger partial charge on any atom is -0.392 e.